The fourth-order valence-corrected chi connectivity index (χ4v) is 1.12. The Morgan fingerprint density at radius 2 is 1.88 bits per heavy atom. The van der Waals surface area contributed by atoms with Crippen molar-refractivity contribution >= 4 is 11.9 Å². The lowest BCUT2D eigenvalue weighted by atomic mass is 9.80. The van der Waals surface area contributed by atoms with E-state index in [0.717, 1.165) is 0 Å². The predicted molar refractivity (Wildman–Crippen MR) is 63.1 cm³/mol. The normalized spacial score (nSPS) is 13.2. The summed E-state index contributed by atoms with van der Waals surface area (Å²) in [6, 6.07) is 0. The van der Waals surface area contributed by atoms with Crippen LogP contribution in [0.3, 0.4) is 0 Å². The summed E-state index contributed by atoms with van der Waals surface area (Å²) in [6.45, 7) is 8.82. The smallest absolute Gasteiger partial charge is 0.303 e. The lowest BCUT2D eigenvalue weighted by Crippen LogP contribution is -2.29. The quantitative estimate of drug-likeness (QED) is 0.685. The Morgan fingerprint density at radius 1 is 1.31 bits per heavy atom. The number of aliphatic carboxylic acids is 1. The number of nitrogens with one attached hydrogen (secondary N) is 1. The van der Waals surface area contributed by atoms with Crippen molar-refractivity contribution in [1.82, 2.24) is 5.32 Å². The standard InChI is InChI=1S/C12H23NO3/c1-9(12(2,3)4)8-10(14)13-7-5-6-11(15)16/h9H,5-8H2,1-4H3,(H,13,14)(H,15,16). The zero-order valence-corrected chi connectivity index (χ0v) is 10.7. The first-order valence-corrected chi connectivity index (χ1v) is 5.72. The Bertz CT molecular complexity index is 243. The van der Waals surface area contributed by atoms with Crippen LogP contribution in [0, 0.1) is 11.3 Å². The van der Waals surface area contributed by atoms with E-state index in [9.17, 15) is 9.59 Å². The van der Waals surface area contributed by atoms with Crippen LogP contribution in [0.1, 0.15) is 47.0 Å². The van der Waals surface area contributed by atoms with Crippen molar-refractivity contribution in [2.24, 2.45) is 11.3 Å². The van der Waals surface area contributed by atoms with Crippen molar-refractivity contribution in [3.8, 4) is 0 Å². The highest BCUT2D eigenvalue weighted by molar-refractivity contribution is 5.76. The van der Waals surface area contributed by atoms with Crippen LogP contribution >= 0.6 is 0 Å². The molecule has 0 aromatic rings. The SMILES string of the molecule is CC(CC(=O)NCCCC(=O)O)C(C)(C)C. The second kappa shape index (κ2) is 6.51. The van der Waals surface area contributed by atoms with Crippen LogP contribution in [-0.2, 0) is 9.59 Å². The lowest BCUT2D eigenvalue weighted by Gasteiger charge is -2.26. The molecule has 0 bridgehead atoms. The maximum absolute atomic E-state index is 11.5. The van der Waals surface area contributed by atoms with E-state index in [0.29, 0.717) is 25.3 Å². The number of carboxylic acids is 1. The minimum Gasteiger partial charge on any atom is -0.481 e. The van der Waals surface area contributed by atoms with Gasteiger partial charge in [-0.15, -0.1) is 0 Å². The van der Waals surface area contributed by atoms with Gasteiger partial charge in [0.1, 0.15) is 0 Å². The van der Waals surface area contributed by atoms with Crippen molar-refractivity contribution in [1.29, 1.82) is 0 Å². The summed E-state index contributed by atoms with van der Waals surface area (Å²) in [5.41, 5.74) is 0.123. The van der Waals surface area contributed by atoms with Gasteiger partial charge in [0.2, 0.25) is 5.91 Å². The van der Waals surface area contributed by atoms with Crippen LogP contribution in [0.2, 0.25) is 0 Å². The molecule has 4 heteroatoms. The Hall–Kier alpha value is -1.06. The van der Waals surface area contributed by atoms with E-state index < -0.39 is 5.97 Å². The topological polar surface area (TPSA) is 66.4 Å². The molecule has 0 aliphatic rings. The highest BCUT2D eigenvalue weighted by atomic mass is 16.4. The van der Waals surface area contributed by atoms with E-state index >= 15 is 0 Å². The molecule has 1 unspecified atom stereocenters. The number of amides is 1. The third-order valence-electron chi connectivity index (χ3n) is 2.86. The second-order valence-corrected chi connectivity index (χ2v) is 5.32. The van der Waals surface area contributed by atoms with Crippen LogP contribution < -0.4 is 5.32 Å². The van der Waals surface area contributed by atoms with Crippen LogP contribution in [0.25, 0.3) is 0 Å². The molecule has 4 nitrogen and oxygen atoms in total. The van der Waals surface area contributed by atoms with E-state index in [1.165, 1.54) is 0 Å². The van der Waals surface area contributed by atoms with E-state index in [2.05, 4.69) is 33.0 Å². The molecule has 0 saturated heterocycles. The van der Waals surface area contributed by atoms with Gasteiger partial charge in [-0.1, -0.05) is 27.7 Å². The summed E-state index contributed by atoms with van der Waals surface area (Å²) >= 11 is 0. The molecule has 16 heavy (non-hydrogen) atoms. The summed E-state index contributed by atoms with van der Waals surface area (Å²) in [6.07, 6.45) is 1.09. The third kappa shape index (κ3) is 7.26. The van der Waals surface area contributed by atoms with Crippen molar-refractivity contribution in [3.05, 3.63) is 0 Å². The molecule has 0 rings (SSSR count). The first kappa shape index (κ1) is 14.9. The molecule has 0 saturated carbocycles. The fourth-order valence-electron chi connectivity index (χ4n) is 1.12. The molecule has 0 aliphatic carbocycles. The fraction of sp³-hybridized carbons (Fsp3) is 0.833. The Morgan fingerprint density at radius 3 is 2.31 bits per heavy atom. The highest BCUT2D eigenvalue weighted by Crippen LogP contribution is 2.27. The van der Waals surface area contributed by atoms with Gasteiger partial charge in [0, 0.05) is 19.4 Å². The minimum atomic E-state index is -0.822. The van der Waals surface area contributed by atoms with Crippen molar-refractivity contribution < 1.29 is 14.7 Å². The molecule has 0 heterocycles. The van der Waals surface area contributed by atoms with Crippen molar-refractivity contribution in [2.45, 2.75) is 47.0 Å². The van der Waals surface area contributed by atoms with Gasteiger partial charge in [-0.2, -0.15) is 0 Å². The largest absolute Gasteiger partial charge is 0.481 e. The van der Waals surface area contributed by atoms with Gasteiger partial charge in [0.15, 0.2) is 0 Å². The van der Waals surface area contributed by atoms with Crippen LogP contribution in [0.5, 0.6) is 0 Å². The molecule has 1 atom stereocenters. The van der Waals surface area contributed by atoms with Gasteiger partial charge in [0.25, 0.3) is 0 Å². The molecular weight excluding hydrogens is 206 g/mol. The predicted octanol–water partition coefficient (Wildman–Crippen LogP) is 2.04. The van der Waals surface area contributed by atoms with E-state index in [4.69, 9.17) is 5.11 Å². The number of hydrogen-bond donors (Lipinski definition) is 2. The maximum atomic E-state index is 11.5. The number of carbonyl (C=O) groups excluding carboxylic acids is 1. The van der Waals surface area contributed by atoms with Gasteiger partial charge >= 0.3 is 5.97 Å². The van der Waals surface area contributed by atoms with Gasteiger partial charge in [-0.25, -0.2) is 0 Å². The highest BCUT2D eigenvalue weighted by Gasteiger charge is 2.22. The molecule has 1 amide bonds. The van der Waals surface area contributed by atoms with Gasteiger partial charge in [0.05, 0.1) is 0 Å². The molecule has 0 aromatic carbocycles. The van der Waals surface area contributed by atoms with Gasteiger partial charge < -0.3 is 10.4 Å². The Labute approximate surface area is 97.4 Å². The molecule has 0 spiro atoms. The van der Waals surface area contributed by atoms with Crippen molar-refractivity contribution in [2.75, 3.05) is 6.54 Å². The Kier molecular flexibility index (Phi) is 6.08. The minimum absolute atomic E-state index is 0.00723. The molecule has 0 aliphatic heterocycles. The summed E-state index contributed by atoms with van der Waals surface area (Å²) < 4.78 is 0. The molecule has 2 N–H and O–H groups in total. The summed E-state index contributed by atoms with van der Waals surface area (Å²) in [7, 11) is 0. The van der Waals surface area contributed by atoms with Crippen LogP contribution in [0.4, 0.5) is 0 Å². The van der Waals surface area contributed by atoms with Gasteiger partial charge in [-0.3, -0.25) is 9.59 Å². The molecule has 0 fully saturated rings. The van der Waals surface area contributed by atoms with Crippen LogP contribution in [0.15, 0.2) is 0 Å². The number of carboxylic acid groups (broad SMARTS) is 1. The maximum Gasteiger partial charge on any atom is 0.303 e. The second-order valence-electron chi connectivity index (χ2n) is 5.32. The zero-order chi connectivity index (χ0) is 12.8. The molecule has 94 valence electrons. The van der Waals surface area contributed by atoms with E-state index in [1.807, 2.05) is 0 Å². The summed E-state index contributed by atoms with van der Waals surface area (Å²) in [5, 5.41) is 11.2. The number of rotatable bonds is 6. The van der Waals surface area contributed by atoms with Crippen LogP contribution in [-0.4, -0.2) is 23.5 Å². The van der Waals surface area contributed by atoms with Crippen molar-refractivity contribution in [3.63, 3.8) is 0 Å². The number of carbonyl (C=O) groups is 2. The molecule has 0 radical (unpaired) electrons. The first-order chi connectivity index (χ1) is 7.23. The summed E-state index contributed by atoms with van der Waals surface area (Å²) in [4.78, 5) is 21.7. The monoisotopic (exact) mass is 229 g/mol. The third-order valence-corrected chi connectivity index (χ3v) is 2.86. The van der Waals surface area contributed by atoms with Gasteiger partial charge in [-0.05, 0) is 17.8 Å². The zero-order valence-electron chi connectivity index (χ0n) is 10.7. The Balaban J connectivity index is 3.71. The first-order valence-electron chi connectivity index (χ1n) is 5.72. The van der Waals surface area contributed by atoms with E-state index in [1.54, 1.807) is 0 Å². The molecule has 0 aromatic heterocycles. The lowest BCUT2D eigenvalue weighted by molar-refractivity contribution is -0.137. The average molecular weight is 229 g/mol. The molecular formula is C12H23NO3. The average Bonchev–Trinajstić information content (AvgIpc) is 2.10. The summed E-state index contributed by atoms with van der Waals surface area (Å²) in [5.74, 6) is -0.503. The van der Waals surface area contributed by atoms with E-state index in [-0.39, 0.29) is 17.7 Å². The number of hydrogen-bond acceptors (Lipinski definition) is 2.